The topological polar surface area (TPSA) is 40.0 Å². The van der Waals surface area contributed by atoms with Crippen molar-refractivity contribution in [1.29, 1.82) is 0 Å². The van der Waals surface area contributed by atoms with E-state index in [0.717, 1.165) is 33.9 Å². The summed E-state index contributed by atoms with van der Waals surface area (Å²) in [6.07, 6.45) is 1.65. The van der Waals surface area contributed by atoms with Gasteiger partial charge in [0.1, 0.15) is 17.2 Å². The third kappa shape index (κ3) is 5.98. The van der Waals surface area contributed by atoms with Crippen molar-refractivity contribution in [3.63, 3.8) is 0 Å². The van der Waals surface area contributed by atoms with Crippen LogP contribution < -0.4 is 14.2 Å². The molecule has 0 aliphatic carbocycles. The molecule has 3 aromatic rings. The van der Waals surface area contributed by atoms with Gasteiger partial charge in [-0.1, -0.05) is 23.8 Å². The SMILES string of the molecule is COc1ccc(O/C=C(\C)C(=Nc2ccc(C)cc2)Oc2cc(C)cc(C)c2)cc1. The Hall–Kier alpha value is -3.53. The minimum Gasteiger partial charge on any atom is -0.497 e. The van der Waals surface area contributed by atoms with E-state index < -0.39 is 0 Å². The van der Waals surface area contributed by atoms with Gasteiger partial charge in [-0.15, -0.1) is 0 Å². The first-order valence-corrected chi connectivity index (χ1v) is 9.82. The molecule has 4 nitrogen and oxygen atoms in total. The highest BCUT2D eigenvalue weighted by Crippen LogP contribution is 2.22. The Labute approximate surface area is 178 Å². The fourth-order valence-electron chi connectivity index (χ4n) is 2.89. The van der Waals surface area contributed by atoms with Crippen molar-refractivity contribution in [2.24, 2.45) is 4.99 Å². The van der Waals surface area contributed by atoms with E-state index in [2.05, 4.69) is 6.07 Å². The third-order valence-corrected chi connectivity index (χ3v) is 4.44. The largest absolute Gasteiger partial charge is 0.497 e. The minimum atomic E-state index is 0.484. The van der Waals surface area contributed by atoms with Gasteiger partial charge in [-0.05, 0) is 87.4 Å². The summed E-state index contributed by atoms with van der Waals surface area (Å²) in [7, 11) is 1.64. The van der Waals surface area contributed by atoms with E-state index in [1.54, 1.807) is 13.4 Å². The molecule has 0 aromatic heterocycles. The quantitative estimate of drug-likeness (QED) is 0.262. The zero-order valence-electron chi connectivity index (χ0n) is 18.1. The van der Waals surface area contributed by atoms with Gasteiger partial charge in [0.05, 0.1) is 19.1 Å². The van der Waals surface area contributed by atoms with Gasteiger partial charge in [0.2, 0.25) is 5.90 Å². The monoisotopic (exact) mass is 401 g/mol. The number of benzene rings is 3. The summed E-state index contributed by atoms with van der Waals surface area (Å²) in [5, 5.41) is 0. The number of ether oxygens (including phenoxy) is 3. The van der Waals surface area contributed by atoms with E-state index in [4.69, 9.17) is 19.2 Å². The Morgan fingerprint density at radius 2 is 1.33 bits per heavy atom. The standard InChI is InChI=1S/C26H27NO3/c1-18-6-8-22(9-7-18)27-26(30-25-15-19(2)14-20(3)16-25)21(4)17-29-24-12-10-23(28-5)11-13-24/h6-17H,1-5H3/b21-17+,27-26?. The van der Waals surface area contributed by atoms with E-state index >= 15 is 0 Å². The van der Waals surface area contributed by atoms with Crippen molar-refractivity contribution in [2.45, 2.75) is 27.7 Å². The molecule has 0 radical (unpaired) electrons. The average molecular weight is 402 g/mol. The molecule has 0 saturated heterocycles. The summed E-state index contributed by atoms with van der Waals surface area (Å²) < 4.78 is 17.2. The second-order valence-corrected chi connectivity index (χ2v) is 7.27. The van der Waals surface area contributed by atoms with Crippen LogP contribution in [0.3, 0.4) is 0 Å². The Kier molecular flexibility index (Phi) is 6.91. The first-order valence-electron chi connectivity index (χ1n) is 9.82. The van der Waals surface area contributed by atoms with E-state index in [1.807, 2.05) is 88.4 Å². The van der Waals surface area contributed by atoms with Crippen LogP contribution in [0.5, 0.6) is 17.2 Å². The van der Waals surface area contributed by atoms with E-state index in [9.17, 15) is 0 Å². The fraction of sp³-hybridized carbons (Fsp3) is 0.192. The van der Waals surface area contributed by atoms with Crippen molar-refractivity contribution in [3.05, 3.63) is 95.3 Å². The predicted molar refractivity (Wildman–Crippen MR) is 122 cm³/mol. The van der Waals surface area contributed by atoms with Gasteiger partial charge in [0, 0.05) is 5.57 Å². The smallest absolute Gasteiger partial charge is 0.225 e. The summed E-state index contributed by atoms with van der Waals surface area (Å²) in [6, 6.07) is 21.5. The molecule has 154 valence electrons. The Morgan fingerprint density at radius 1 is 0.733 bits per heavy atom. The molecule has 3 aromatic carbocycles. The van der Waals surface area contributed by atoms with Crippen molar-refractivity contribution in [1.82, 2.24) is 0 Å². The Balaban J connectivity index is 1.89. The zero-order valence-corrected chi connectivity index (χ0v) is 18.1. The molecule has 0 amide bonds. The molecule has 0 heterocycles. The van der Waals surface area contributed by atoms with Gasteiger partial charge in [-0.25, -0.2) is 4.99 Å². The van der Waals surface area contributed by atoms with Gasteiger partial charge >= 0.3 is 0 Å². The number of hydrogen-bond donors (Lipinski definition) is 0. The van der Waals surface area contributed by atoms with Gasteiger partial charge in [0.25, 0.3) is 0 Å². The lowest BCUT2D eigenvalue weighted by atomic mass is 10.1. The highest BCUT2D eigenvalue weighted by atomic mass is 16.5. The lowest BCUT2D eigenvalue weighted by Gasteiger charge is -2.12. The summed E-state index contributed by atoms with van der Waals surface area (Å²) in [5.41, 5.74) is 5.04. The fourth-order valence-corrected chi connectivity index (χ4v) is 2.89. The van der Waals surface area contributed by atoms with Crippen molar-refractivity contribution in [3.8, 4) is 17.2 Å². The van der Waals surface area contributed by atoms with E-state index in [0.29, 0.717) is 11.6 Å². The number of methoxy groups -OCH3 is 1. The highest BCUT2D eigenvalue weighted by Gasteiger charge is 2.09. The maximum Gasteiger partial charge on any atom is 0.225 e. The van der Waals surface area contributed by atoms with Crippen LogP contribution in [0.25, 0.3) is 0 Å². The highest BCUT2D eigenvalue weighted by molar-refractivity contribution is 5.96. The minimum absolute atomic E-state index is 0.484. The predicted octanol–water partition coefficient (Wildman–Crippen LogP) is 6.71. The number of nitrogens with zero attached hydrogens (tertiary/aromatic N) is 1. The molecule has 0 aliphatic heterocycles. The molecule has 3 rings (SSSR count). The third-order valence-electron chi connectivity index (χ3n) is 4.44. The van der Waals surface area contributed by atoms with Crippen LogP contribution in [-0.4, -0.2) is 13.0 Å². The molecule has 0 atom stereocenters. The summed E-state index contributed by atoms with van der Waals surface area (Å²) in [5.74, 6) is 2.71. The molecule has 30 heavy (non-hydrogen) atoms. The molecule has 0 aliphatic rings. The molecule has 4 heteroatoms. The molecule has 0 saturated carbocycles. The first-order chi connectivity index (χ1) is 14.4. The molecule has 0 spiro atoms. The maximum absolute atomic E-state index is 6.18. The van der Waals surface area contributed by atoms with Gasteiger partial charge < -0.3 is 14.2 Å². The summed E-state index contributed by atoms with van der Waals surface area (Å²) in [4.78, 5) is 4.72. The van der Waals surface area contributed by atoms with E-state index in [1.165, 1.54) is 5.56 Å². The zero-order chi connectivity index (χ0) is 21.5. The molecule has 0 N–H and O–H groups in total. The molecule has 0 unspecified atom stereocenters. The van der Waals surface area contributed by atoms with Gasteiger partial charge in [-0.3, -0.25) is 0 Å². The second kappa shape index (κ2) is 9.79. The van der Waals surface area contributed by atoms with Crippen molar-refractivity contribution in [2.75, 3.05) is 7.11 Å². The van der Waals surface area contributed by atoms with Crippen LogP contribution in [0, 0.1) is 20.8 Å². The number of rotatable bonds is 6. The van der Waals surface area contributed by atoms with Crippen LogP contribution >= 0.6 is 0 Å². The number of aryl methyl sites for hydroxylation is 3. The molecular formula is C26H27NO3. The van der Waals surface area contributed by atoms with Gasteiger partial charge in [0.15, 0.2) is 0 Å². The number of hydrogen-bond acceptors (Lipinski definition) is 4. The van der Waals surface area contributed by atoms with Gasteiger partial charge in [-0.2, -0.15) is 0 Å². The van der Waals surface area contributed by atoms with Crippen LogP contribution in [0.2, 0.25) is 0 Å². The second-order valence-electron chi connectivity index (χ2n) is 7.27. The van der Waals surface area contributed by atoms with Crippen LogP contribution in [0.4, 0.5) is 5.69 Å². The lowest BCUT2D eigenvalue weighted by Crippen LogP contribution is -2.11. The Morgan fingerprint density at radius 3 is 1.93 bits per heavy atom. The van der Waals surface area contributed by atoms with Crippen LogP contribution in [0.1, 0.15) is 23.6 Å². The lowest BCUT2D eigenvalue weighted by molar-refractivity contribution is 0.412. The maximum atomic E-state index is 6.18. The Bertz CT molecular complexity index is 1030. The van der Waals surface area contributed by atoms with Crippen molar-refractivity contribution < 1.29 is 14.2 Å². The molecular weight excluding hydrogens is 374 g/mol. The molecule has 0 fully saturated rings. The van der Waals surface area contributed by atoms with Crippen LogP contribution in [-0.2, 0) is 0 Å². The van der Waals surface area contributed by atoms with Crippen LogP contribution in [0.15, 0.2) is 83.6 Å². The summed E-state index contributed by atoms with van der Waals surface area (Å²) >= 11 is 0. The first kappa shape index (κ1) is 21.2. The normalized spacial score (nSPS) is 11.9. The molecule has 0 bridgehead atoms. The summed E-state index contributed by atoms with van der Waals surface area (Å²) in [6.45, 7) is 8.06. The number of aliphatic imine (C=N–C) groups is 1. The van der Waals surface area contributed by atoms with Crippen molar-refractivity contribution >= 4 is 11.6 Å². The van der Waals surface area contributed by atoms with E-state index in [-0.39, 0.29) is 0 Å². The average Bonchev–Trinajstić information content (AvgIpc) is 2.72.